The molecule has 0 amide bonds. The van der Waals surface area contributed by atoms with Crippen LogP contribution in [0.2, 0.25) is 0 Å². The molecule has 2 heteroatoms. The maximum absolute atomic E-state index is 2.36. The van der Waals surface area contributed by atoms with Crippen LogP contribution < -0.4 is 0 Å². The maximum Gasteiger partial charge on any atom is 0.104 e. The van der Waals surface area contributed by atoms with E-state index < -0.39 is 0 Å². The fourth-order valence-electron chi connectivity index (χ4n) is 3.19. The predicted octanol–water partition coefficient (Wildman–Crippen LogP) is 4.37. The van der Waals surface area contributed by atoms with E-state index in [-0.39, 0.29) is 5.48 Å². The maximum atomic E-state index is 2.36. The molecular formula is C17H31NO. The van der Waals surface area contributed by atoms with Crippen molar-refractivity contribution in [2.24, 2.45) is 0 Å². The van der Waals surface area contributed by atoms with E-state index in [9.17, 15) is 0 Å². The van der Waals surface area contributed by atoms with Gasteiger partial charge in [-0.05, 0) is 26.2 Å². The molecule has 0 aliphatic rings. The fraction of sp³-hybridized carbons (Fsp3) is 0.647. The number of hydrogen-bond donors (Lipinski definition) is 0. The van der Waals surface area contributed by atoms with Gasteiger partial charge < -0.3 is 9.96 Å². The third-order valence-electron chi connectivity index (χ3n) is 3.69. The number of aryl methyl sites for hydroxylation is 1. The SMILES string of the molecule is CCC[N+](CCC)(CCC)Cc1cccc(C)c1.[OH-]. The monoisotopic (exact) mass is 265 g/mol. The molecule has 110 valence electrons. The van der Waals surface area contributed by atoms with E-state index in [0.29, 0.717) is 0 Å². The van der Waals surface area contributed by atoms with Crippen LogP contribution in [0.25, 0.3) is 0 Å². The van der Waals surface area contributed by atoms with Crippen LogP contribution in [0.15, 0.2) is 24.3 Å². The molecule has 0 spiro atoms. The predicted molar refractivity (Wildman–Crippen MR) is 82.6 cm³/mol. The Morgan fingerprint density at radius 2 is 1.42 bits per heavy atom. The Labute approximate surface area is 119 Å². The minimum atomic E-state index is 0. The smallest absolute Gasteiger partial charge is 0.104 e. The minimum Gasteiger partial charge on any atom is -0.870 e. The molecule has 19 heavy (non-hydrogen) atoms. The normalized spacial score (nSPS) is 11.2. The van der Waals surface area contributed by atoms with Crippen molar-refractivity contribution in [3.63, 3.8) is 0 Å². The molecule has 0 unspecified atom stereocenters. The summed E-state index contributed by atoms with van der Waals surface area (Å²) in [6, 6.07) is 9.04. The summed E-state index contributed by atoms with van der Waals surface area (Å²) in [6.07, 6.45) is 3.85. The lowest BCUT2D eigenvalue weighted by Crippen LogP contribution is -2.48. The molecule has 1 aromatic carbocycles. The van der Waals surface area contributed by atoms with Crippen molar-refractivity contribution in [2.75, 3.05) is 19.6 Å². The Morgan fingerprint density at radius 3 is 1.84 bits per heavy atom. The molecule has 1 N–H and O–H groups in total. The van der Waals surface area contributed by atoms with Gasteiger partial charge in [-0.25, -0.2) is 0 Å². The van der Waals surface area contributed by atoms with Gasteiger partial charge in [0, 0.05) is 5.56 Å². The Balaban J connectivity index is 0.00000324. The van der Waals surface area contributed by atoms with E-state index in [1.807, 2.05) is 0 Å². The average molecular weight is 265 g/mol. The first kappa shape index (κ1) is 18.1. The highest BCUT2D eigenvalue weighted by Gasteiger charge is 2.24. The van der Waals surface area contributed by atoms with Crippen LogP contribution in [-0.2, 0) is 6.54 Å². The third-order valence-corrected chi connectivity index (χ3v) is 3.69. The molecule has 1 aromatic rings. The largest absolute Gasteiger partial charge is 0.870 e. The van der Waals surface area contributed by atoms with Crippen molar-refractivity contribution in [2.45, 2.75) is 53.5 Å². The molecule has 1 rings (SSSR count). The highest BCUT2D eigenvalue weighted by atomic mass is 16.0. The van der Waals surface area contributed by atoms with E-state index >= 15 is 0 Å². The van der Waals surface area contributed by atoms with Crippen LogP contribution in [0, 0.1) is 6.92 Å². The van der Waals surface area contributed by atoms with Gasteiger partial charge in [0.15, 0.2) is 0 Å². The van der Waals surface area contributed by atoms with Gasteiger partial charge in [0.1, 0.15) is 6.54 Å². The Kier molecular flexibility index (Phi) is 8.70. The molecule has 0 atom stereocenters. The van der Waals surface area contributed by atoms with Gasteiger partial charge in [-0.15, -0.1) is 0 Å². The minimum absolute atomic E-state index is 0. The van der Waals surface area contributed by atoms with Gasteiger partial charge in [0.25, 0.3) is 0 Å². The second-order valence-electron chi connectivity index (χ2n) is 5.66. The van der Waals surface area contributed by atoms with Crippen molar-refractivity contribution in [1.82, 2.24) is 0 Å². The Bertz CT molecular complexity index is 332. The van der Waals surface area contributed by atoms with Crippen molar-refractivity contribution >= 4 is 0 Å². The Morgan fingerprint density at radius 1 is 0.895 bits per heavy atom. The molecule has 2 nitrogen and oxygen atoms in total. The number of hydrogen-bond acceptors (Lipinski definition) is 1. The average Bonchev–Trinajstić information content (AvgIpc) is 2.30. The van der Waals surface area contributed by atoms with Crippen molar-refractivity contribution in [3.8, 4) is 0 Å². The van der Waals surface area contributed by atoms with Crippen LogP contribution >= 0.6 is 0 Å². The van der Waals surface area contributed by atoms with E-state index in [1.54, 1.807) is 0 Å². The Hall–Kier alpha value is -0.860. The molecule has 0 aromatic heterocycles. The summed E-state index contributed by atoms with van der Waals surface area (Å²) < 4.78 is 1.27. The number of rotatable bonds is 8. The standard InChI is InChI=1S/C17H30N.H2O/c1-5-11-18(12-6-2,13-7-3)15-17-10-8-9-16(4)14-17;/h8-10,14H,5-7,11-13,15H2,1-4H3;1H2/q+1;/p-1. The highest BCUT2D eigenvalue weighted by molar-refractivity contribution is 5.21. The van der Waals surface area contributed by atoms with Crippen molar-refractivity contribution in [1.29, 1.82) is 0 Å². The summed E-state index contributed by atoms with van der Waals surface area (Å²) in [5, 5.41) is 0. The highest BCUT2D eigenvalue weighted by Crippen LogP contribution is 2.18. The summed E-state index contributed by atoms with van der Waals surface area (Å²) >= 11 is 0. The molecule has 0 bridgehead atoms. The summed E-state index contributed by atoms with van der Waals surface area (Å²) in [4.78, 5) is 0. The van der Waals surface area contributed by atoms with E-state index in [2.05, 4.69) is 52.0 Å². The first-order valence-corrected chi connectivity index (χ1v) is 7.56. The lowest BCUT2D eigenvalue weighted by atomic mass is 10.1. The zero-order valence-electron chi connectivity index (χ0n) is 13.2. The van der Waals surface area contributed by atoms with E-state index in [0.717, 1.165) is 0 Å². The molecule has 0 aliphatic carbocycles. The van der Waals surface area contributed by atoms with E-state index in [4.69, 9.17) is 0 Å². The molecule has 0 heterocycles. The van der Waals surface area contributed by atoms with Crippen LogP contribution in [0.3, 0.4) is 0 Å². The van der Waals surface area contributed by atoms with Gasteiger partial charge in [-0.3, -0.25) is 0 Å². The molecule has 0 saturated carbocycles. The third kappa shape index (κ3) is 5.75. The number of quaternary nitrogens is 1. The quantitative estimate of drug-likeness (QED) is 0.642. The zero-order valence-corrected chi connectivity index (χ0v) is 13.2. The second kappa shape index (κ2) is 9.11. The molecule has 0 radical (unpaired) electrons. The first-order valence-electron chi connectivity index (χ1n) is 7.56. The summed E-state index contributed by atoms with van der Waals surface area (Å²) in [7, 11) is 0. The van der Waals surface area contributed by atoms with Crippen LogP contribution in [0.1, 0.15) is 51.2 Å². The lowest BCUT2D eigenvalue weighted by Gasteiger charge is -2.38. The summed E-state index contributed by atoms with van der Waals surface area (Å²) in [6.45, 7) is 14.3. The van der Waals surface area contributed by atoms with Crippen molar-refractivity contribution < 1.29 is 9.96 Å². The molecule has 0 aliphatic heterocycles. The van der Waals surface area contributed by atoms with Gasteiger partial charge in [0.2, 0.25) is 0 Å². The topological polar surface area (TPSA) is 30.0 Å². The molecule has 0 saturated heterocycles. The van der Waals surface area contributed by atoms with Gasteiger partial charge in [-0.2, -0.15) is 0 Å². The van der Waals surface area contributed by atoms with Gasteiger partial charge >= 0.3 is 0 Å². The fourth-order valence-corrected chi connectivity index (χ4v) is 3.19. The first-order chi connectivity index (χ1) is 8.65. The summed E-state index contributed by atoms with van der Waals surface area (Å²) in [5.74, 6) is 0. The van der Waals surface area contributed by atoms with Gasteiger partial charge in [-0.1, -0.05) is 50.6 Å². The lowest BCUT2D eigenvalue weighted by molar-refractivity contribution is -0.941. The van der Waals surface area contributed by atoms with E-state index in [1.165, 1.54) is 61.1 Å². The number of benzene rings is 1. The van der Waals surface area contributed by atoms with Gasteiger partial charge in [0.05, 0.1) is 19.6 Å². The van der Waals surface area contributed by atoms with Crippen LogP contribution in [0.5, 0.6) is 0 Å². The molecule has 0 fully saturated rings. The summed E-state index contributed by atoms with van der Waals surface area (Å²) in [5.41, 5.74) is 2.89. The van der Waals surface area contributed by atoms with Crippen LogP contribution in [-0.4, -0.2) is 29.6 Å². The molecular weight excluding hydrogens is 234 g/mol. The van der Waals surface area contributed by atoms with Crippen molar-refractivity contribution in [3.05, 3.63) is 35.4 Å². The zero-order chi connectivity index (χ0) is 13.4. The number of nitrogens with zero attached hydrogens (tertiary/aromatic N) is 1. The van der Waals surface area contributed by atoms with Crippen LogP contribution in [0.4, 0.5) is 0 Å². The second-order valence-corrected chi connectivity index (χ2v) is 5.66.